The number of nitrogens with one attached hydrogen (secondary N) is 1. The first-order valence-corrected chi connectivity index (χ1v) is 6.38. The molecule has 2 rings (SSSR count). The smallest absolute Gasteiger partial charge is 0.239 e. The number of halogens is 1. The number of likely N-dealkylation sites (tertiary alicyclic amines) is 1. The number of nitrogens with zero attached hydrogens (tertiary/aromatic N) is 3. The van der Waals surface area contributed by atoms with Crippen molar-refractivity contribution in [1.29, 1.82) is 0 Å². The Morgan fingerprint density at radius 3 is 3.00 bits per heavy atom. The van der Waals surface area contributed by atoms with Gasteiger partial charge in [-0.2, -0.15) is 5.10 Å². The second-order valence-corrected chi connectivity index (χ2v) is 4.43. The molecule has 0 radical (unpaired) electrons. The van der Waals surface area contributed by atoms with Gasteiger partial charge in [-0.25, -0.2) is 0 Å². The molecule has 1 aromatic rings. The molecule has 2 heterocycles. The van der Waals surface area contributed by atoms with Gasteiger partial charge in [0.1, 0.15) is 5.88 Å². The summed E-state index contributed by atoms with van der Waals surface area (Å²) in [5.74, 6) is -0.128. The molecule has 0 aromatic carbocycles. The number of aromatic nitrogens is 2. The first-order chi connectivity index (χ1) is 8.69. The van der Waals surface area contributed by atoms with Crippen LogP contribution in [0.5, 0.6) is 0 Å². The topological polar surface area (TPSA) is 67.2 Å². The van der Waals surface area contributed by atoms with Gasteiger partial charge in [-0.15, -0.1) is 11.6 Å². The molecule has 2 amide bonds. The molecule has 1 N–H and O–H groups in total. The highest BCUT2D eigenvalue weighted by Crippen LogP contribution is 2.10. The fraction of sp³-hybridized carbons (Fsp3) is 0.545. The van der Waals surface area contributed by atoms with Crippen molar-refractivity contribution in [2.45, 2.75) is 19.4 Å². The quantitative estimate of drug-likeness (QED) is 0.800. The third-order valence-corrected chi connectivity index (χ3v) is 3.05. The first-order valence-electron chi connectivity index (χ1n) is 5.85. The molecule has 0 atom stereocenters. The summed E-state index contributed by atoms with van der Waals surface area (Å²) in [4.78, 5) is 24.3. The van der Waals surface area contributed by atoms with Gasteiger partial charge in [0.25, 0.3) is 0 Å². The van der Waals surface area contributed by atoms with Crippen molar-refractivity contribution >= 4 is 29.1 Å². The van der Waals surface area contributed by atoms with E-state index >= 15 is 0 Å². The molecule has 6 nitrogen and oxygen atoms in total. The maximum absolute atomic E-state index is 11.4. The number of anilines is 1. The van der Waals surface area contributed by atoms with E-state index in [1.165, 1.54) is 0 Å². The Morgan fingerprint density at radius 1 is 1.50 bits per heavy atom. The van der Waals surface area contributed by atoms with E-state index in [-0.39, 0.29) is 17.7 Å². The Hall–Kier alpha value is -1.56. The molecule has 0 spiro atoms. The van der Waals surface area contributed by atoms with Crippen molar-refractivity contribution in [3.8, 4) is 0 Å². The fourth-order valence-electron chi connectivity index (χ4n) is 1.91. The molecular weight excluding hydrogens is 256 g/mol. The highest BCUT2D eigenvalue weighted by Gasteiger charge is 2.19. The molecule has 1 saturated heterocycles. The maximum Gasteiger partial charge on any atom is 0.239 e. The van der Waals surface area contributed by atoms with E-state index in [0.29, 0.717) is 25.2 Å². The maximum atomic E-state index is 11.4. The minimum Gasteiger partial charge on any atom is -0.341 e. The molecule has 0 aliphatic carbocycles. The number of hydrogen-bond acceptors (Lipinski definition) is 3. The van der Waals surface area contributed by atoms with Crippen LogP contribution in [-0.4, -0.2) is 45.5 Å². The van der Waals surface area contributed by atoms with Crippen molar-refractivity contribution in [3.63, 3.8) is 0 Å². The Balaban J connectivity index is 1.83. The summed E-state index contributed by atoms with van der Waals surface area (Å²) in [6.07, 6.45) is 4.88. The van der Waals surface area contributed by atoms with Gasteiger partial charge in [-0.1, -0.05) is 0 Å². The average molecular weight is 271 g/mol. The van der Waals surface area contributed by atoms with Gasteiger partial charge >= 0.3 is 0 Å². The van der Waals surface area contributed by atoms with Crippen molar-refractivity contribution in [2.75, 3.05) is 24.3 Å². The highest BCUT2D eigenvalue weighted by atomic mass is 35.5. The van der Waals surface area contributed by atoms with Gasteiger partial charge in [-0.3, -0.25) is 14.3 Å². The van der Waals surface area contributed by atoms with Crippen LogP contribution in [0.15, 0.2) is 12.4 Å². The number of hydrogen-bond donors (Lipinski definition) is 1. The molecule has 1 aromatic heterocycles. The Kier molecular flexibility index (Phi) is 4.19. The summed E-state index contributed by atoms with van der Waals surface area (Å²) >= 11 is 5.39. The Bertz CT molecular complexity index is 446. The molecule has 1 aliphatic heterocycles. The number of carbonyl (C=O) groups excluding carboxylic acids is 2. The Labute approximate surface area is 110 Å². The zero-order valence-electron chi connectivity index (χ0n) is 9.93. The van der Waals surface area contributed by atoms with Gasteiger partial charge in [0, 0.05) is 25.7 Å². The molecule has 0 bridgehead atoms. The number of rotatable bonds is 5. The summed E-state index contributed by atoms with van der Waals surface area (Å²) in [7, 11) is 0. The molecule has 0 saturated carbocycles. The van der Waals surface area contributed by atoms with Gasteiger partial charge in [0.15, 0.2) is 0 Å². The van der Waals surface area contributed by atoms with E-state index in [1.54, 1.807) is 17.1 Å². The largest absolute Gasteiger partial charge is 0.341 e. The fourth-order valence-corrected chi connectivity index (χ4v) is 1.98. The molecular formula is C11H15ClN4O2. The standard InChI is InChI=1S/C11H15ClN4O2/c12-6-10(17)14-9-7-13-16(8-9)5-4-15-3-1-2-11(15)18/h7-8H,1-6H2,(H,14,17). The number of amides is 2. The van der Waals surface area contributed by atoms with Gasteiger partial charge < -0.3 is 10.2 Å². The van der Waals surface area contributed by atoms with E-state index in [0.717, 1.165) is 13.0 Å². The number of alkyl halides is 1. The minimum atomic E-state index is -0.258. The van der Waals surface area contributed by atoms with Crippen LogP contribution in [0.2, 0.25) is 0 Å². The Morgan fingerprint density at radius 2 is 2.33 bits per heavy atom. The predicted molar refractivity (Wildman–Crippen MR) is 67.4 cm³/mol. The normalized spacial score (nSPS) is 15.2. The second kappa shape index (κ2) is 5.86. The van der Waals surface area contributed by atoms with Crippen LogP contribution in [-0.2, 0) is 16.1 Å². The monoisotopic (exact) mass is 270 g/mol. The zero-order chi connectivity index (χ0) is 13.0. The van der Waals surface area contributed by atoms with Crippen LogP contribution >= 0.6 is 11.6 Å². The number of carbonyl (C=O) groups is 2. The molecule has 7 heteroatoms. The molecule has 18 heavy (non-hydrogen) atoms. The predicted octanol–water partition coefficient (Wildman–Crippen LogP) is 0.683. The minimum absolute atomic E-state index is 0.0759. The summed E-state index contributed by atoms with van der Waals surface area (Å²) in [6, 6.07) is 0. The summed E-state index contributed by atoms with van der Waals surface area (Å²) < 4.78 is 1.70. The van der Waals surface area contributed by atoms with Crippen LogP contribution in [0.3, 0.4) is 0 Å². The van der Waals surface area contributed by atoms with Crippen LogP contribution < -0.4 is 5.32 Å². The van der Waals surface area contributed by atoms with Crippen molar-refractivity contribution in [1.82, 2.24) is 14.7 Å². The third kappa shape index (κ3) is 3.22. The van der Waals surface area contributed by atoms with Crippen LogP contribution in [0.4, 0.5) is 5.69 Å². The van der Waals surface area contributed by atoms with Gasteiger partial charge in [0.2, 0.25) is 11.8 Å². The van der Waals surface area contributed by atoms with E-state index in [4.69, 9.17) is 11.6 Å². The summed E-state index contributed by atoms with van der Waals surface area (Å²) in [5, 5.41) is 6.72. The van der Waals surface area contributed by atoms with Crippen LogP contribution in [0.1, 0.15) is 12.8 Å². The lowest BCUT2D eigenvalue weighted by atomic mass is 10.4. The van der Waals surface area contributed by atoms with Crippen molar-refractivity contribution in [2.24, 2.45) is 0 Å². The van der Waals surface area contributed by atoms with E-state index < -0.39 is 0 Å². The summed E-state index contributed by atoms with van der Waals surface area (Å²) in [5.41, 5.74) is 0.619. The lowest BCUT2D eigenvalue weighted by Crippen LogP contribution is -2.28. The van der Waals surface area contributed by atoms with Gasteiger partial charge in [-0.05, 0) is 6.42 Å². The lowest BCUT2D eigenvalue weighted by Gasteiger charge is -2.14. The van der Waals surface area contributed by atoms with E-state index in [1.807, 2.05) is 4.90 Å². The molecule has 98 valence electrons. The SMILES string of the molecule is O=C(CCl)Nc1cnn(CCN2CCCC2=O)c1. The van der Waals surface area contributed by atoms with Crippen LogP contribution in [0, 0.1) is 0 Å². The van der Waals surface area contributed by atoms with Crippen LogP contribution in [0.25, 0.3) is 0 Å². The lowest BCUT2D eigenvalue weighted by molar-refractivity contribution is -0.127. The average Bonchev–Trinajstić information content (AvgIpc) is 2.96. The molecule has 1 fully saturated rings. The zero-order valence-corrected chi connectivity index (χ0v) is 10.7. The third-order valence-electron chi connectivity index (χ3n) is 2.81. The van der Waals surface area contributed by atoms with Gasteiger partial charge in [0.05, 0.1) is 18.4 Å². The molecule has 0 unspecified atom stereocenters. The second-order valence-electron chi connectivity index (χ2n) is 4.16. The van der Waals surface area contributed by atoms with Crippen molar-refractivity contribution in [3.05, 3.63) is 12.4 Å². The van der Waals surface area contributed by atoms with Crippen molar-refractivity contribution < 1.29 is 9.59 Å². The van der Waals surface area contributed by atoms with E-state index in [9.17, 15) is 9.59 Å². The first kappa shape index (κ1) is 12.9. The van der Waals surface area contributed by atoms with E-state index in [2.05, 4.69) is 10.4 Å². The molecule has 1 aliphatic rings. The highest BCUT2D eigenvalue weighted by molar-refractivity contribution is 6.29. The summed E-state index contributed by atoms with van der Waals surface area (Å²) in [6.45, 7) is 2.11.